The van der Waals surface area contributed by atoms with Gasteiger partial charge in [0.1, 0.15) is 5.75 Å². The molecule has 1 aliphatic rings. The van der Waals surface area contributed by atoms with Crippen molar-refractivity contribution in [3.8, 4) is 5.75 Å². The fraction of sp³-hybridized carbons (Fsp3) is 0.462. The molecule has 1 saturated heterocycles. The van der Waals surface area contributed by atoms with Crippen molar-refractivity contribution in [2.24, 2.45) is 0 Å². The van der Waals surface area contributed by atoms with E-state index in [1.165, 1.54) is 12.1 Å². The number of carbonyl (C=O) groups excluding carboxylic acids is 1. The summed E-state index contributed by atoms with van der Waals surface area (Å²) in [6.07, 6.45) is -4.72. The molecule has 2 N–H and O–H groups in total. The predicted octanol–water partition coefficient (Wildman–Crippen LogP) is 2.41. The number of piperazine rings is 1. The van der Waals surface area contributed by atoms with Crippen molar-refractivity contribution in [1.29, 1.82) is 0 Å². The Bertz CT molecular complexity index is 490. The van der Waals surface area contributed by atoms with E-state index in [0.717, 1.165) is 12.1 Å². The monoisotopic (exact) mass is 303 g/mol. The number of amides is 2. The van der Waals surface area contributed by atoms with E-state index in [9.17, 15) is 18.0 Å². The molecule has 2 rings (SSSR count). The molecule has 0 spiro atoms. The van der Waals surface area contributed by atoms with Crippen molar-refractivity contribution in [3.05, 3.63) is 24.3 Å². The molecule has 1 aliphatic heterocycles. The molecular formula is C13H16F3N3O2. The first-order valence-electron chi connectivity index (χ1n) is 6.48. The zero-order valence-corrected chi connectivity index (χ0v) is 11.4. The Hall–Kier alpha value is -1.96. The lowest BCUT2D eigenvalue weighted by Gasteiger charge is -2.31. The van der Waals surface area contributed by atoms with Crippen molar-refractivity contribution >= 4 is 11.7 Å². The maximum atomic E-state index is 12.0. The number of urea groups is 1. The number of nitrogens with one attached hydrogen (secondary N) is 2. The van der Waals surface area contributed by atoms with Crippen LogP contribution in [0.5, 0.6) is 5.75 Å². The number of anilines is 1. The zero-order chi connectivity index (χ0) is 15.5. The normalized spacial score (nSPS) is 19.2. The third-order valence-electron chi connectivity index (χ3n) is 3.00. The first-order valence-corrected chi connectivity index (χ1v) is 6.48. The lowest BCUT2D eigenvalue weighted by atomic mass is 10.2. The van der Waals surface area contributed by atoms with E-state index in [1.807, 2.05) is 6.92 Å². The summed E-state index contributed by atoms with van der Waals surface area (Å²) in [6.45, 7) is 3.86. The van der Waals surface area contributed by atoms with Gasteiger partial charge in [0.2, 0.25) is 0 Å². The van der Waals surface area contributed by atoms with Crippen LogP contribution in [0.4, 0.5) is 23.7 Å². The minimum atomic E-state index is -4.72. The summed E-state index contributed by atoms with van der Waals surface area (Å²) >= 11 is 0. The molecular weight excluding hydrogens is 287 g/mol. The molecule has 0 bridgehead atoms. The number of ether oxygens (including phenoxy) is 1. The van der Waals surface area contributed by atoms with Crippen LogP contribution >= 0.6 is 0 Å². The van der Waals surface area contributed by atoms with Gasteiger partial charge in [0.15, 0.2) is 0 Å². The summed E-state index contributed by atoms with van der Waals surface area (Å²) in [6, 6.07) is 4.99. The predicted molar refractivity (Wildman–Crippen MR) is 71.2 cm³/mol. The molecule has 0 unspecified atom stereocenters. The van der Waals surface area contributed by atoms with Gasteiger partial charge in [-0.2, -0.15) is 0 Å². The smallest absolute Gasteiger partial charge is 0.406 e. The second-order valence-electron chi connectivity index (χ2n) is 4.80. The molecule has 8 heteroatoms. The molecule has 5 nitrogen and oxygen atoms in total. The standard InChI is InChI=1S/C13H16F3N3O2/c1-9-8-19(7-6-17-9)12(20)18-10-2-4-11(5-3-10)21-13(14,15)16/h2-5,9,17H,6-8H2,1H3,(H,18,20)/t9-/m0/s1. The van der Waals surface area contributed by atoms with Crippen LogP contribution in [-0.2, 0) is 0 Å². The van der Waals surface area contributed by atoms with E-state index in [4.69, 9.17) is 0 Å². The van der Waals surface area contributed by atoms with E-state index in [1.54, 1.807) is 4.90 Å². The third-order valence-corrected chi connectivity index (χ3v) is 3.00. The van der Waals surface area contributed by atoms with Gasteiger partial charge >= 0.3 is 12.4 Å². The van der Waals surface area contributed by atoms with Crippen LogP contribution < -0.4 is 15.4 Å². The van der Waals surface area contributed by atoms with Gasteiger partial charge in [-0.15, -0.1) is 13.2 Å². The Morgan fingerprint density at radius 1 is 1.38 bits per heavy atom. The van der Waals surface area contributed by atoms with Crippen molar-refractivity contribution in [3.63, 3.8) is 0 Å². The van der Waals surface area contributed by atoms with Crippen LogP contribution in [0.1, 0.15) is 6.92 Å². The van der Waals surface area contributed by atoms with Crippen LogP contribution in [0, 0.1) is 0 Å². The average Bonchev–Trinajstić information content (AvgIpc) is 2.39. The number of benzene rings is 1. The molecule has 0 saturated carbocycles. The van der Waals surface area contributed by atoms with Crippen molar-refractivity contribution in [1.82, 2.24) is 10.2 Å². The Labute approximate surface area is 120 Å². The number of hydrogen-bond donors (Lipinski definition) is 2. The van der Waals surface area contributed by atoms with Crippen molar-refractivity contribution < 1.29 is 22.7 Å². The molecule has 1 atom stereocenters. The number of nitrogens with zero attached hydrogens (tertiary/aromatic N) is 1. The van der Waals surface area contributed by atoms with E-state index in [2.05, 4.69) is 15.4 Å². The minimum absolute atomic E-state index is 0.215. The first kappa shape index (κ1) is 15.4. The second kappa shape index (κ2) is 6.21. The van der Waals surface area contributed by atoms with E-state index >= 15 is 0 Å². The maximum Gasteiger partial charge on any atom is 0.573 e. The van der Waals surface area contributed by atoms with Gasteiger partial charge in [-0.25, -0.2) is 4.79 Å². The quantitative estimate of drug-likeness (QED) is 0.882. The lowest BCUT2D eigenvalue weighted by molar-refractivity contribution is -0.274. The van der Waals surface area contributed by atoms with Crippen LogP contribution in [0.25, 0.3) is 0 Å². The fourth-order valence-electron chi connectivity index (χ4n) is 2.06. The van der Waals surface area contributed by atoms with E-state index in [-0.39, 0.29) is 17.8 Å². The van der Waals surface area contributed by atoms with Gasteiger partial charge in [0.25, 0.3) is 0 Å². The molecule has 1 fully saturated rings. The SMILES string of the molecule is C[C@H]1CN(C(=O)Nc2ccc(OC(F)(F)F)cc2)CCN1. The molecule has 0 aliphatic carbocycles. The van der Waals surface area contributed by atoms with Crippen LogP contribution in [0.15, 0.2) is 24.3 Å². The number of carbonyl (C=O) groups is 1. The van der Waals surface area contributed by atoms with Gasteiger partial charge in [0.05, 0.1) is 0 Å². The highest BCUT2D eigenvalue weighted by molar-refractivity contribution is 5.89. The maximum absolute atomic E-state index is 12.0. The lowest BCUT2D eigenvalue weighted by Crippen LogP contribution is -2.52. The average molecular weight is 303 g/mol. The number of rotatable bonds is 2. The zero-order valence-electron chi connectivity index (χ0n) is 11.4. The summed E-state index contributed by atoms with van der Waals surface area (Å²) in [5, 5.41) is 5.86. The summed E-state index contributed by atoms with van der Waals surface area (Å²) in [4.78, 5) is 13.7. The summed E-state index contributed by atoms with van der Waals surface area (Å²) in [5.41, 5.74) is 0.417. The molecule has 21 heavy (non-hydrogen) atoms. The summed E-state index contributed by atoms with van der Waals surface area (Å²) in [5.74, 6) is -0.323. The minimum Gasteiger partial charge on any atom is -0.406 e. The van der Waals surface area contributed by atoms with Gasteiger partial charge < -0.3 is 20.3 Å². The number of alkyl halides is 3. The number of hydrogen-bond acceptors (Lipinski definition) is 3. The van der Waals surface area contributed by atoms with Crippen molar-refractivity contribution in [2.45, 2.75) is 19.3 Å². The molecule has 1 heterocycles. The molecule has 0 aromatic heterocycles. The molecule has 0 radical (unpaired) electrons. The molecule has 116 valence electrons. The highest BCUT2D eigenvalue weighted by Crippen LogP contribution is 2.24. The first-order chi connectivity index (χ1) is 9.83. The topological polar surface area (TPSA) is 53.6 Å². The van der Waals surface area contributed by atoms with E-state index in [0.29, 0.717) is 25.3 Å². The van der Waals surface area contributed by atoms with Gasteiger partial charge in [-0.05, 0) is 31.2 Å². The van der Waals surface area contributed by atoms with Crippen molar-refractivity contribution in [2.75, 3.05) is 25.0 Å². The fourth-order valence-corrected chi connectivity index (χ4v) is 2.06. The third kappa shape index (κ3) is 4.82. The molecule has 2 amide bonds. The highest BCUT2D eigenvalue weighted by atomic mass is 19.4. The van der Waals surface area contributed by atoms with E-state index < -0.39 is 6.36 Å². The Morgan fingerprint density at radius 2 is 2.05 bits per heavy atom. The largest absolute Gasteiger partial charge is 0.573 e. The van der Waals surface area contributed by atoms with Gasteiger partial charge in [0, 0.05) is 31.4 Å². The Balaban J connectivity index is 1.92. The number of halogens is 3. The molecule has 1 aromatic carbocycles. The second-order valence-corrected chi connectivity index (χ2v) is 4.80. The highest BCUT2D eigenvalue weighted by Gasteiger charge is 2.31. The molecule has 1 aromatic rings. The summed E-state index contributed by atoms with van der Waals surface area (Å²) in [7, 11) is 0. The Morgan fingerprint density at radius 3 is 2.62 bits per heavy atom. The van der Waals surface area contributed by atoms with Gasteiger partial charge in [-0.3, -0.25) is 0 Å². The Kier molecular flexibility index (Phi) is 4.56. The van der Waals surface area contributed by atoms with Gasteiger partial charge in [-0.1, -0.05) is 0 Å². The van der Waals surface area contributed by atoms with Crippen LogP contribution in [0.3, 0.4) is 0 Å². The van der Waals surface area contributed by atoms with Crippen LogP contribution in [-0.4, -0.2) is 43.0 Å². The van der Waals surface area contributed by atoms with Crippen LogP contribution in [0.2, 0.25) is 0 Å². The summed E-state index contributed by atoms with van der Waals surface area (Å²) < 4.78 is 39.8.